The van der Waals surface area contributed by atoms with Crippen LogP contribution in [0.5, 0.6) is 0 Å². The highest BCUT2D eigenvalue weighted by atomic mass is 32.1. The number of aromatic amines is 1. The summed E-state index contributed by atoms with van der Waals surface area (Å²) < 4.78 is 30.8. The zero-order valence-electron chi connectivity index (χ0n) is 17.0. The van der Waals surface area contributed by atoms with E-state index in [0.717, 1.165) is 22.0 Å². The lowest BCUT2D eigenvalue weighted by atomic mass is 10.1. The number of para-hydroxylation sites is 1. The summed E-state index contributed by atoms with van der Waals surface area (Å²) in [4.78, 5) is 23.5. The number of benzene rings is 2. The van der Waals surface area contributed by atoms with Gasteiger partial charge >= 0.3 is 0 Å². The van der Waals surface area contributed by atoms with Gasteiger partial charge in [-0.15, -0.1) is 11.3 Å². The van der Waals surface area contributed by atoms with Crippen molar-refractivity contribution in [2.24, 2.45) is 5.92 Å². The molecule has 2 heterocycles. The maximum absolute atomic E-state index is 15.2. The summed E-state index contributed by atoms with van der Waals surface area (Å²) in [6.45, 7) is 7.96. The van der Waals surface area contributed by atoms with Crippen molar-refractivity contribution in [1.29, 1.82) is 0 Å². The Labute approximate surface area is 181 Å². The van der Waals surface area contributed by atoms with E-state index in [0.29, 0.717) is 5.01 Å². The third kappa shape index (κ3) is 4.25. The molecule has 5 nitrogen and oxygen atoms in total. The van der Waals surface area contributed by atoms with E-state index in [9.17, 15) is 9.18 Å². The average molecular weight is 439 g/mol. The van der Waals surface area contributed by atoms with Crippen LogP contribution in [0.2, 0.25) is 0 Å². The van der Waals surface area contributed by atoms with Crippen molar-refractivity contribution < 1.29 is 8.78 Å². The monoisotopic (exact) mass is 438 g/mol. The second-order valence-electron chi connectivity index (χ2n) is 7.39. The van der Waals surface area contributed by atoms with E-state index in [-0.39, 0.29) is 35.1 Å². The Bertz CT molecular complexity index is 1310. The molecule has 2 N–H and O–H groups in total. The van der Waals surface area contributed by atoms with Crippen LogP contribution in [0.3, 0.4) is 0 Å². The van der Waals surface area contributed by atoms with Gasteiger partial charge in [-0.05, 0) is 24.1 Å². The molecule has 8 heteroatoms. The molecule has 0 aliphatic rings. The third-order valence-corrected chi connectivity index (χ3v) is 5.92. The number of allylic oxidation sites excluding steroid dienone is 1. The van der Waals surface area contributed by atoms with Gasteiger partial charge < -0.3 is 10.3 Å². The first-order valence-electron chi connectivity index (χ1n) is 9.70. The summed E-state index contributed by atoms with van der Waals surface area (Å²) in [6.07, 6.45) is 0. The van der Waals surface area contributed by atoms with Crippen molar-refractivity contribution in [3.05, 3.63) is 82.3 Å². The van der Waals surface area contributed by atoms with Crippen molar-refractivity contribution >= 4 is 21.6 Å². The average Bonchev–Trinajstić information content (AvgIpc) is 3.17. The normalized spacial score (nSPS) is 11.3. The van der Waals surface area contributed by atoms with Gasteiger partial charge in [0.25, 0.3) is 5.56 Å². The molecule has 0 spiro atoms. The van der Waals surface area contributed by atoms with Gasteiger partial charge in [0.2, 0.25) is 0 Å². The molecule has 158 valence electrons. The van der Waals surface area contributed by atoms with Crippen LogP contribution in [0.1, 0.15) is 19.4 Å². The second-order valence-corrected chi connectivity index (χ2v) is 8.43. The van der Waals surface area contributed by atoms with Gasteiger partial charge in [0.05, 0.1) is 15.8 Å². The van der Waals surface area contributed by atoms with Crippen LogP contribution in [0, 0.1) is 17.6 Å². The lowest BCUT2D eigenvalue weighted by molar-refractivity contribution is 0.565. The topological polar surface area (TPSA) is 70.7 Å². The molecule has 0 atom stereocenters. The van der Waals surface area contributed by atoms with Crippen LogP contribution < -0.4 is 10.9 Å². The Morgan fingerprint density at radius 1 is 1.19 bits per heavy atom. The number of H-pyrrole nitrogens is 1. The molecule has 2 aromatic carbocycles. The zero-order chi connectivity index (χ0) is 22.1. The fourth-order valence-corrected chi connectivity index (χ4v) is 3.96. The summed E-state index contributed by atoms with van der Waals surface area (Å²) >= 11 is 1.35. The highest BCUT2D eigenvalue weighted by Gasteiger charge is 2.19. The fourth-order valence-electron chi connectivity index (χ4n) is 3.03. The predicted molar refractivity (Wildman–Crippen MR) is 120 cm³/mol. The van der Waals surface area contributed by atoms with Gasteiger partial charge in [0.1, 0.15) is 28.2 Å². The molecule has 2 aromatic heterocycles. The summed E-state index contributed by atoms with van der Waals surface area (Å²) in [5.74, 6) is -1.60. The molecule has 4 rings (SSSR count). The molecule has 0 amide bonds. The quantitative estimate of drug-likeness (QED) is 0.431. The van der Waals surface area contributed by atoms with Crippen molar-refractivity contribution in [1.82, 2.24) is 20.3 Å². The number of rotatable bonds is 6. The van der Waals surface area contributed by atoms with Crippen molar-refractivity contribution in [3.63, 3.8) is 0 Å². The van der Waals surface area contributed by atoms with Gasteiger partial charge in [-0.2, -0.15) is 0 Å². The largest absolute Gasteiger partial charge is 0.384 e. The van der Waals surface area contributed by atoms with Crippen LogP contribution in [0.4, 0.5) is 8.78 Å². The molecule has 0 saturated carbocycles. The fraction of sp³-hybridized carbons (Fsp3) is 0.174. The number of fused-ring (bicyclic) bond motifs is 1. The molecular weight excluding hydrogens is 418 g/mol. The Hall–Kier alpha value is -3.39. The molecule has 0 saturated heterocycles. The van der Waals surface area contributed by atoms with E-state index in [1.807, 2.05) is 38.1 Å². The van der Waals surface area contributed by atoms with E-state index in [2.05, 4.69) is 26.8 Å². The minimum absolute atomic E-state index is 0.137. The first-order chi connectivity index (χ1) is 14.8. The zero-order valence-corrected chi connectivity index (χ0v) is 17.8. The Morgan fingerprint density at radius 3 is 2.71 bits per heavy atom. The standard InChI is InChI=1S/C23H20F2N4OS/c1-12(2)13(3)26-11-14-8-9-15(24)20(21(14)25)22-27-17(10-19(30)29-22)23-28-16-6-4-5-7-18(16)31-23/h4-10,12,26H,3,11H2,1-2H3,(H,27,29,30). The first kappa shape index (κ1) is 20.9. The minimum atomic E-state index is -0.812. The van der Waals surface area contributed by atoms with Gasteiger partial charge in [-0.3, -0.25) is 4.79 Å². The van der Waals surface area contributed by atoms with Gasteiger partial charge in [-0.1, -0.05) is 38.6 Å². The molecule has 0 aliphatic carbocycles. The third-order valence-electron chi connectivity index (χ3n) is 4.87. The van der Waals surface area contributed by atoms with Crippen molar-refractivity contribution in [2.45, 2.75) is 20.4 Å². The number of nitrogens with one attached hydrogen (secondary N) is 2. The van der Waals surface area contributed by atoms with E-state index in [1.54, 1.807) is 0 Å². The molecule has 0 bridgehead atoms. The van der Waals surface area contributed by atoms with Gasteiger partial charge in [-0.25, -0.2) is 18.7 Å². The van der Waals surface area contributed by atoms with E-state index >= 15 is 4.39 Å². The predicted octanol–water partition coefficient (Wildman–Crippen LogP) is 5.25. The summed E-state index contributed by atoms with van der Waals surface area (Å²) in [7, 11) is 0. The molecule has 0 aliphatic heterocycles. The Balaban J connectivity index is 1.76. The Kier molecular flexibility index (Phi) is 5.65. The second kappa shape index (κ2) is 8.39. The maximum Gasteiger partial charge on any atom is 0.251 e. The van der Waals surface area contributed by atoms with Crippen LogP contribution in [-0.4, -0.2) is 15.0 Å². The van der Waals surface area contributed by atoms with E-state index in [1.165, 1.54) is 23.5 Å². The van der Waals surface area contributed by atoms with Crippen LogP contribution in [0.25, 0.3) is 32.3 Å². The van der Waals surface area contributed by atoms with E-state index in [4.69, 9.17) is 0 Å². The number of halogens is 2. The summed E-state index contributed by atoms with van der Waals surface area (Å²) in [5, 5.41) is 3.54. The highest BCUT2D eigenvalue weighted by molar-refractivity contribution is 7.21. The lowest BCUT2D eigenvalue weighted by Crippen LogP contribution is -2.17. The first-order valence-corrected chi connectivity index (χ1v) is 10.5. The number of nitrogens with zero attached hydrogens (tertiary/aromatic N) is 2. The smallest absolute Gasteiger partial charge is 0.251 e. The summed E-state index contributed by atoms with van der Waals surface area (Å²) in [5.41, 5.74) is 1.11. The number of hydrogen-bond donors (Lipinski definition) is 2. The Morgan fingerprint density at radius 2 is 1.97 bits per heavy atom. The molecule has 31 heavy (non-hydrogen) atoms. The minimum Gasteiger partial charge on any atom is -0.384 e. The number of hydrogen-bond acceptors (Lipinski definition) is 5. The van der Waals surface area contributed by atoms with Crippen LogP contribution >= 0.6 is 11.3 Å². The molecule has 0 fully saturated rings. The molecule has 4 aromatic rings. The van der Waals surface area contributed by atoms with Crippen molar-refractivity contribution in [3.8, 4) is 22.1 Å². The highest BCUT2D eigenvalue weighted by Crippen LogP contribution is 2.30. The number of thiazole rings is 1. The molecular formula is C23H20F2N4OS. The van der Waals surface area contributed by atoms with E-state index < -0.39 is 17.2 Å². The van der Waals surface area contributed by atoms with Gasteiger partial charge in [0, 0.05) is 23.9 Å². The summed E-state index contributed by atoms with van der Waals surface area (Å²) in [6, 6.07) is 11.3. The molecule has 0 radical (unpaired) electrons. The molecule has 0 unspecified atom stereocenters. The van der Waals surface area contributed by atoms with Crippen molar-refractivity contribution in [2.75, 3.05) is 0 Å². The van der Waals surface area contributed by atoms with Crippen LogP contribution in [-0.2, 0) is 6.54 Å². The lowest BCUT2D eigenvalue weighted by Gasteiger charge is -2.14. The number of aromatic nitrogens is 3. The SMILES string of the molecule is C=C(NCc1ccc(F)c(-c2nc(-c3nc4ccccc4s3)cc(=O)[nH]2)c1F)C(C)C. The maximum atomic E-state index is 15.2. The van der Waals surface area contributed by atoms with Gasteiger partial charge in [0.15, 0.2) is 0 Å². The van der Waals surface area contributed by atoms with Crippen LogP contribution in [0.15, 0.2) is 59.5 Å².